The lowest BCUT2D eigenvalue weighted by Crippen LogP contribution is -2.12. The van der Waals surface area contributed by atoms with Gasteiger partial charge < -0.3 is 19.0 Å². The van der Waals surface area contributed by atoms with Crippen LogP contribution in [0, 0.1) is 24.0 Å². The summed E-state index contributed by atoms with van der Waals surface area (Å²) in [5, 5.41) is 29.3. The molecule has 11 nitrogen and oxygen atoms in total. The van der Waals surface area contributed by atoms with Crippen molar-refractivity contribution >= 4 is 23.3 Å². The van der Waals surface area contributed by atoms with E-state index in [2.05, 4.69) is 4.42 Å². The van der Waals surface area contributed by atoms with E-state index in [1.165, 1.54) is 63.2 Å². The fourth-order valence-corrected chi connectivity index (χ4v) is 2.71. The van der Waals surface area contributed by atoms with E-state index >= 15 is 0 Å². The smallest absolute Gasteiger partial charge is 0.351 e. The van der Waals surface area contributed by atoms with Crippen molar-refractivity contribution in [3.63, 3.8) is 0 Å². The van der Waals surface area contributed by atoms with E-state index in [0.29, 0.717) is 5.56 Å². The first kappa shape index (κ1) is 25.5. The quantitative estimate of drug-likeness (QED) is 0.244. The van der Waals surface area contributed by atoms with Crippen LogP contribution in [0.3, 0.4) is 0 Å². The topological polar surface area (TPSA) is 178 Å². The summed E-state index contributed by atoms with van der Waals surface area (Å²) in [6.07, 6.45) is 2.47. The van der Waals surface area contributed by atoms with Crippen LogP contribution in [-0.2, 0) is 0 Å². The number of carbonyl (C=O) groups excluding carboxylic acids is 2. The summed E-state index contributed by atoms with van der Waals surface area (Å²) in [6, 6.07) is 7.91. The molecule has 0 amide bonds. The third-order valence-corrected chi connectivity index (χ3v) is 4.24. The maximum Gasteiger partial charge on any atom is 0.351 e. The first-order valence-corrected chi connectivity index (χ1v) is 9.56. The van der Waals surface area contributed by atoms with Crippen LogP contribution in [0.5, 0.6) is 11.5 Å². The molecular formula is C23H19NO10. The lowest BCUT2D eigenvalue weighted by molar-refractivity contribution is -0.384. The minimum Gasteiger partial charge on any atom is -0.507 e. The third-order valence-electron chi connectivity index (χ3n) is 4.24. The van der Waals surface area contributed by atoms with Gasteiger partial charge in [0.05, 0.1) is 4.92 Å². The third kappa shape index (κ3) is 6.36. The highest BCUT2D eigenvalue weighted by molar-refractivity contribution is 6.08. The molecule has 0 radical (unpaired) electrons. The maximum absolute atomic E-state index is 11.9. The first-order chi connectivity index (χ1) is 15.9. The Bertz CT molecular complexity index is 1390. The predicted octanol–water partition coefficient (Wildman–Crippen LogP) is 3.31. The molecule has 0 bridgehead atoms. The van der Waals surface area contributed by atoms with Crippen molar-refractivity contribution < 1.29 is 33.6 Å². The lowest BCUT2D eigenvalue weighted by atomic mass is 10.1. The molecule has 0 saturated carbocycles. The number of Topliss-reactive ketones (excluding diaryl/α,β-unsaturated/α-hetero) is 1. The van der Waals surface area contributed by atoms with Crippen LogP contribution in [0.1, 0.15) is 44.7 Å². The minimum atomic E-state index is -0.921. The zero-order valence-electron chi connectivity index (χ0n) is 18.2. The number of aromatic hydroxyl groups is 2. The van der Waals surface area contributed by atoms with E-state index in [9.17, 15) is 34.4 Å². The zero-order valence-corrected chi connectivity index (χ0v) is 18.2. The van der Waals surface area contributed by atoms with E-state index in [-0.39, 0.29) is 28.5 Å². The van der Waals surface area contributed by atoms with Gasteiger partial charge in [-0.05, 0) is 44.5 Å². The Balaban J connectivity index is 0.000000287. The molecule has 0 unspecified atom stereocenters. The molecule has 2 heterocycles. The van der Waals surface area contributed by atoms with E-state index in [1.807, 2.05) is 0 Å². The van der Waals surface area contributed by atoms with Gasteiger partial charge in [0.1, 0.15) is 34.1 Å². The number of non-ortho nitro benzene ring substituents is 1. The van der Waals surface area contributed by atoms with Crippen LogP contribution in [-0.4, -0.2) is 26.7 Å². The second kappa shape index (κ2) is 10.7. The summed E-state index contributed by atoms with van der Waals surface area (Å²) >= 11 is 0. The van der Waals surface area contributed by atoms with Gasteiger partial charge in [-0.15, -0.1) is 0 Å². The molecule has 3 rings (SSSR count). The van der Waals surface area contributed by atoms with Crippen LogP contribution < -0.4 is 11.3 Å². The van der Waals surface area contributed by atoms with Crippen molar-refractivity contribution in [1.82, 2.24) is 0 Å². The van der Waals surface area contributed by atoms with E-state index in [0.717, 1.165) is 6.08 Å². The molecule has 2 aromatic heterocycles. The number of nitrogens with zero attached hydrogens (tertiary/aromatic N) is 1. The van der Waals surface area contributed by atoms with Crippen LogP contribution >= 0.6 is 0 Å². The fraction of sp³-hybridized carbons (Fsp3) is 0.130. The van der Waals surface area contributed by atoms with Gasteiger partial charge in [0.2, 0.25) is 0 Å². The highest BCUT2D eigenvalue weighted by Crippen LogP contribution is 2.17. The number of nitro benzene ring substituents is 1. The molecule has 0 aliphatic heterocycles. The van der Waals surface area contributed by atoms with Gasteiger partial charge in [0, 0.05) is 24.3 Å². The number of nitro groups is 1. The molecular weight excluding hydrogens is 450 g/mol. The van der Waals surface area contributed by atoms with Gasteiger partial charge in [-0.1, -0.05) is 6.08 Å². The van der Waals surface area contributed by atoms with Crippen LogP contribution in [0.25, 0.3) is 6.08 Å². The average Bonchev–Trinajstić information content (AvgIpc) is 2.71. The number of ketones is 2. The van der Waals surface area contributed by atoms with Crippen molar-refractivity contribution in [2.75, 3.05) is 0 Å². The Kier molecular flexibility index (Phi) is 8.00. The van der Waals surface area contributed by atoms with Crippen LogP contribution in [0.15, 0.2) is 60.9 Å². The standard InChI is InChI=1S/C15H11NO6.C8H8O4/c1-9-8-13(18)14(15(19)22-9)12(17)7-4-10-2-5-11(6-3-10)16(20)21;1-4-3-6(10)7(5(2)9)8(11)12-4/h2-8,18H,1H3;3,10H,1-2H3. The van der Waals surface area contributed by atoms with Gasteiger partial charge in [-0.3, -0.25) is 19.7 Å². The number of hydrogen-bond acceptors (Lipinski definition) is 10. The SMILES string of the molecule is CC(=O)c1c(O)cc(C)oc1=O.Cc1cc(O)c(C(=O)C=Cc2ccc([N+](=O)[O-])cc2)c(=O)o1. The molecule has 0 atom stereocenters. The van der Waals surface area contributed by atoms with E-state index in [4.69, 9.17) is 9.52 Å². The van der Waals surface area contributed by atoms with Gasteiger partial charge in [0.15, 0.2) is 11.6 Å². The number of hydrogen-bond donors (Lipinski definition) is 2. The molecule has 11 heteroatoms. The first-order valence-electron chi connectivity index (χ1n) is 9.56. The Morgan fingerprint density at radius 1 is 0.912 bits per heavy atom. The highest BCUT2D eigenvalue weighted by Gasteiger charge is 2.16. The molecule has 1 aromatic carbocycles. The molecule has 2 N–H and O–H groups in total. The number of rotatable bonds is 5. The average molecular weight is 469 g/mol. The Morgan fingerprint density at radius 3 is 1.79 bits per heavy atom. The maximum atomic E-state index is 11.9. The Morgan fingerprint density at radius 2 is 1.38 bits per heavy atom. The van der Waals surface area contributed by atoms with Crippen LogP contribution in [0.4, 0.5) is 5.69 Å². The molecule has 0 aliphatic rings. The van der Waals surface area contributed by atoms with Gasteiger partial charge in [-0.2, -0.15) is 0 Å². The Hall–Kier alpha value is -4.80. The molecule has 176 valence electrons. The summed E-state index contributed by atoms with van der Waals surface area (Å²) in [7, 11) is 0. The van der Waals surface area contributed by atoms with Crippen molar-refractivity contribution in [1.29, 1.82) is 0 Å². The van der Waals surface area contributed by atoms with Crippen LogP contribution in [0.2, 0.25) is 0 Å². The summed E-state index contributed by atoms with van der Waals surface area (Å²) in [5.41, 5.74) is -1.99. The molecule has 0 aliphatic carbocycles. The van der Waals surface area contributed by atoms with E-state index in [1.54, 1.807) is 0 Å². The minimum absolute atomic E-state index is 0.0692. The van der Waals surface area contributed by atoms with Crippen molar-refractivity contribution in [3.05, 3.63) is 102 Å². The largest absolute Gasteiger partial charge is 0.507 e. The number of benzene rings is 1. The van der Waals surface area contributed by atoms with Gasteiger partial charge in [0.25, 0.3) is 5.69 Å². The fourth-order valence-electron chi connectivity index (χ4n) is 2.71. The van der Waals surface area contributed by atoms with E-state index < -0.39 is 39.1 Å². The van der Waals surface area contributed by atoms with Crippen molar-refractivity contribution in [3.8, 4) is 11.5 Å². The molecule has 34 heavy (non-hydrogen) atoms. The monoisotopic (exact) mass is 469 g/mol. The van der Waals surface area contributed by atoms with Gasteiger partial charge in [-0.25, -0.2) is 9.59 Å². The number of aryl methyl sites for hydroxylation is 2. The van der Waals surface area contributed by atoms with Gasteiger partial charge >= 0.3 is 11.3 Å². The zero-order chi connectivity index (χ0) is 25.6. The highest BCUT2D eigenvalue weighted by atomic mass is 16.6. The normalized spacial score (nSPS) is 10.4. The number of carbonyl (C=O) groups is 2. The molecule has 3 aromatic rings. The summed E-state index contributed by atoms with van der Waals surface area (Å²) < 4.78 is 9.37. The molecule has 0 saturated heterocycles. The molecule has 0 fully saturated rings. The Labute approximate surface area is 191 Å². The summed E-state index contributed by atoms with van der Waals surface area (Å²) in [5.74, 6) is -1.52. The van der Waals surface area contributed by atoms with Crippen molar-refractivity contribution in [2.24, 2.45) is 0 Å². The summed E-state index contributed by atoms with van der Waals surface area (Å²) in [6.45, 7) is 4.19. The molecule has 0 spiro atoms. The predicted molar refractivity (Wildman–Crippen MR) is 119 cm³/mol. The summed E-state index contributed by atoms with van der Waals surface area (Å²) in [4.78, 5) is 55.2. The second-order valence-corrected chi connectivity index (χ2v) is 6.91. The second-order valence-electron chi connectivity index (χ2n) is 6.91. The lowest BCUT2D eigenvalue weighted by Gasteiger charge is -1.99. The van der Waals surface area contributed by atoms with Crippen molar-refractivity contribution in [2.45, 2.75) is 20.8 Å². The number of allylic oxidation sites excluding steroid dienone is 1.